The quantitative estimate of drug-likeness (QED) is 0.795. The highest BCUT2D eigenvalue weighted by molar-refractivity contribution is 7.15. The largest absolute Gasteiger partial charge is 0.445 e. The summed E-state index contributed by atoms with van der Waals surface area (Å²) in [6, 6.07) is 3.23. The number of nitrogens with one attached hydrogen (secondary N) is 1. The van der Waals surface area contributed by atoms with E-state index in [1.807, 2.05) is 0 Å². The van der Waals surface area contributed by atoms with Gasteiger partial charge in [0.15, 0.2) is 11.6 Å². The van der Waals surface area contributed by atoms with Gasteiger partial charge >= 0.3 is 12.2 Å². The van der Waals surface area contributed by atoms with Crippen molar-refractivity contribution >= 4 is 22.5 Å². The second-order valence-corrected chi connectivity index (χ2v) is 6.69. The van der Waals surface area contributed by atoms with Gasteiger partial charge in [-0.2, -0.15) is 13.2 Å². The Balaban J connectivity index is 1.52. The van der Waals surface area contributed by atoms with Crippen LogP contribution < -0.4 is 10.2 Å². The average Bonchev–Trinajstić information content (AvgIpc) is 3.13. The number of carbonyl (C=O) groups is 1. The summed E-state index contributed by atoms with van der Waals surface area (Å²) in [5.41, 5.74) is 0.0236. The van der Waals surface area contributed by atoms with Crippen molar-refractivity contribution in [3.8, 4) is 0 Å². The second kappa shape index (κ2) is 7.62. The van der Waals surface area contributed by atoms with E-state index in [0.717, 1.165) is 6.07 Å². The molecule has 2 aromatic rings. The van der Waals surface area contributed by atoms with Crippen molar-refractivity contribution in [2.75, 3.05) is 31.1 Å². The van der Waals surface area contributed by atoms with Crippen LogP contribution in [-0.2, 0) is 12.7 Å². The van der Waals surface area contributed by atoms with E-state index in [4.69, 9.17) is 0 Å². The number of rotatable bonds is 3. The molecule has 0 atom stereocenters. The molecule has 1 aliphatic heterocycles. The lowest BCUT2D eigenvalue weighted by molar-refractivity contribution is -0.138. The lowest BCUT2D eigenvalue weighted by Crippen LogP contribution is -2.51. The van der Waals surface area contributed by atoms with Gasteiger partial charge in [0.05, 0.1) is 0 Å². The summed E-state index contributed by atoms with van der Waals surface area (Å²) in [6.07, 6.45) is -4.54. The van der Waals surface area contributed by atoms with Crippen LogP contribution in [0.5, 0.6) is 0 Å². The molecule has 1 fully saturated rings. The van der Waals surface area contributed by atoms with Crippen LogP contribution in [0.3, 0.4) is 0 Å². The zero-order valence-corrected chi connectivity index (χ0v) is 14.6. The molecule has 27 heavy (non-hydrogen) atoms. The van der Waals surface area contributed by atoms with Crippen molar-refractivity contribution in [3.63, 3.8) is 0 Å². The number of urea groups is 1. The number of amides is 2. The minimum absolute atomic E-state index is 0.0236. The van der Waals surface area contributed by atoms with Crippen LogP contribution in [0.4, 0.5) is 31.9 Å². The topological polar surface area (TPSA) is 61.4 Å². The standard InChI is InChI=1S/C15H14F5N5OS/c16-10-3-1-2-9(11(10)17)8-21-13(26)24-4-6-25(7-5-24)14-23-22-12(27-14)15(18,19)20/h1-3H,4-8H2,(H,21,26). The van der Waals surface area contributed by atoms with Gasteiger partial charge in [0.25, 0.3) is 0 Å². The molecule has 1 aromatic carbocycles. The number of alkyl halides is 3. The molecule has 1 N–H and O–H groups in total. The number of anilines is 1. The third-order valence-electron chi connectivity index (χ3n) is 3.96. The third-order valence-corrected chi connectivity index (χ3v) is 4.98. The van der Waals surface area contributed by atoms with Crippen molar-refractivity contribution < 1.29 is 26.7 Å². The van der Waals surface area contributed by atoms with E-state index in [9.17, 15) is 26.7 Å². The second-order valence-electron chi connectivity index (χ2n) is 5.73. The number of aromatic nitrogens is 2. The van der Waals surface area contributed by atoms with E-state index >= 15 is 0 Å². The van der Waals surface area contributed by atoms with Crippen LogP contribution in [0.15, 0.2) is 18.2 Å². The molecular weight excluding hydrogens is 393 g/mol. The van der Waals surface area contributed by atoms with Gasteiger partial charge in [0.1, 0.15) is 0 Å². The molecule has 1 saturated heterocycles. The maximum atomic E-state index is 13.6. The Hall–Kier alpha value is -2.50. The minimum atomic E-state index is -4.54. The van der Waals surface area contributed by atoms with Crippen molar-refractivity contribution in [2.24, 2.45) is 0 Å². The van der Waals surface area contributed by atoms with Crippen LogP contribution in [0.25, 0.3) is 0 Å². The zero-order chi connectivity index (χ0) is 19.6. The molecule has 0 radical (unpaired) electrons. The van der Waals surface area contributed by atoms with Crippen LogP contribution in [0, 0.1) is 11.6 Å². The molecule has 146 valence electrons. The molecule has 0 saturated carbocycles. The van der Waals surface area contributed by atoms with Crippen molar-refractivity contribution in [2.45, 2.75) is 12.7 Å². The van der Waals surface area contributed by atoms with E-state index in [1.54, 1.807) is 4.90 Å². The number of carbonyl (C=O) groups excluding carboxylic acids is 1. The van der Waals surface area contributed by atoms with Crippen LogP contribution in [0.1, 0.15) is 10.6 Å². The minimum Gasteiger partial charge on any atom is -0.343 e. The fraction of sp³-hybridized carbons (Fsp3) is 0.400. The fourth-order valence-corrected chi connectivity index (χ4v) is 3.29. The maximum Gasteiger partial charge on any atom is 0.445 e. The molecule has 1 aromatic heterocycles. The number of hydrogen-bond acceptors (Lipinski definition) is 5. The van der Waals surface area contributed by atoms with Gasteiger partial charge in [-0.3, -0.25) is 0 Å². The predicted octanol–water partition coefficient (Wildman–Crippen LogP) is 2.87. The normalized spacial score (nSPS) is 15.1. The molecule has 3 rings (SSSR count). The molecular formula is C15H14F5N5OS. The highest BCUT2D eigenvalue weighted by Gasteiger charge is 2.36. The smallest absolute Gasteiger partial charge is 0.343 e. The summed E-state index contributed by atoms with van der Waals surface area (Å²) in [5, 5.41) is 8.31. The Kier molecular flexibility index (Phi) is 5.44. The summed E-state index contributed by atoms with van der Waals surface area (Å²) in [5.74, 6) is -2.01. The molecule has 2 heterocycles. The number of halogens is 5. The molecule has 0 spiro atoms. The highest BCUT2D eigenvalue weighted by atomic mass is 32.1. The monoisotopic (exact) mass is 407 g/mol. The Bertz CT molecular complexity index is 819. The van der Waals surface area contributed by atoms with Gasteiger partial charge in [0.2, 0.25) is 10.1 Å². The Morgan fingerprint density at radius 2 is 1.85 bits per heavy atom. The van der Waals surface area contributed by atoms with Crippen molar-refractivity contribution in [3.05, 3.63) is 40.4 Å². The van der Waals surface area contributed by atoms with E-state index in [0.29, 0.717) is 11.3 Å². The van der Waals surface area contributed by atoms with Gasteiger partial charge in [-0.05, 0) is 6.07 Å². The van der Waals surface area contributed by atoms with Crippen LogP contribution in [0.2, 0.25) is 0 Å². The number of nitrogens with zero attached hydrogens (tertiary/aromatic N) is 4. The summed E-state index contributed by atoms with van der Waals surface area (Å²) < 4.78 is 64.5. The van der Waals surface area contributed by atoms with Crippen molar-refractivity contribution in [1.29, 1.82) is 0 Å². The molecule has 2 amide bonds. The fourth-order valence-electron chi connectivity index (χ4n) is 2.53. The summed E-state index contributed by atoms with van der Waals surface area (Å²) in [6.45, 7) is 0.896. The molecule has 0 unspecified atom stereocenters. The van der Waals surface area contributed by atoms with E-state index in [1.165, 1.54) is 17.0 Å². The van der Waals surface area contributed by atoms with E-state index < -0.39 is 28.8 Å². The first-order valence-electron chi connectivity index (χ1n) is 7.87. The van der Waals surface area contributed by atoms with Crippen LogP contribution >= 0.6 is 11.3 Å². The van der Waals surface area contributed by atoms with Gasteiger partial charge in [-0.25, -0.2) is 13.6 Å². The van der Waals surface area contributed by atoms with Gasteiger partial charge in [-0.1, -0.05) is 23.5 Å². The molecule has 12 heteroatoms. The zero-order valence-electron chi connectivity index (χ0n) is 13.8. The van der Waals surface area contributed by atoms with Crippen LogP contribution in [-0.4, -0.2) is 47.3 Å². The first kappa shape index (κ1) is 19.3. The number of hydrogen-bond donors (Lipinski definition) is 1. The Morgan fingerprint density at radius 1 is 1.15 bits per heavy atom. The predicted molar refractivity (Wildman–Crippen MR) is 87.3 cm³/mol. The molecule has 0 bridgehead atoms. The summed E-state index contributed by atoms with van der Waals surface area (Å²) in [4.78, 5) is 15.2. The lowest BCUT2D eigenvalue weighted by atomic mass is 10.2. The first-order valence-corrected chi connectivity index (χ1v) is 8.68. The Morgan fingerprint density at radius 3 is 2.48 bits per heavy atom. The maximum absolute atomic E-state index is 13.6. The first-order chi connectivity index (χ1) is 12.8. The third kappa shape index (κ3) is 4.43. The molecule has 6 nitrogen and oxygen atoms in total. The molecule has 1 aliphatic rings. The SMILES string of the molecule is O=C(NCc1cccc(F)c1F)N1CCN(c2nnc(C(F)(F)F)s2)CC1. The highest BCUT2D eigenvalue weighted by Crippen LogP contribution is 2.34. The van der Waals surface area contributed by atoms with Crippen molar-refractivity contribution in [1.82, 2.24) is 20.4 Å². The van der Waals surface area contributed by atoms with Gasteiger partial charge in [0, 0.05) is 38.3 Å². The number of benzene rings is 1. The molecule has 0 aliphatic carbocycles. The van der Waals surface area contributed by atoms with E-state index in [2.05, 4.69) is 15.5 Å². The summed E-state index contributed by atoms with van der Waals surface area (Å²) in [7, 11) is 0. The number of piperazine rings is 1. The van der Waals surface area contributed by atoms with Gasteiger partial charge in [-0.15, -0.1) is 10.2 Å². The summed E-state index contributed by atoms with van der Waals surface area (Å²) >= 11 is 0.449. The van der Waals surface area contributed by atoms with Gasteiger partial charge < -0.3 is 15.1 Å². The average molecular weight is 407 g/mol. The Labute approximate surface area is 154 Å². The van der Waals surface area contributed by atoms with E-state index in [-0.39, 0.29) is 43.4 Å². The lowest BCUT2D eigenvalue weighted by Gasteiger charge is -2.34.